The van der Waals surface area contributed by atoms with Crippen LogP contribution in [0.3, 0.4) is 0 Å². The number of nitrogens with zero attached hydrogens (tertiary/aromatic N) is 2. The van der Waals surface area contributed by atoms with Crippen LogP contribution in [-0.2, 0) is 0 Å². The first-order valence-corrected chi connectivity index (χ1v) is 7.83. The lowest BCUT2D eigenvalue weighted by Gasteiger charge is -2.14. The van der Waals surface area contributed by atoms with Gasteiger partial charge in [0.1, 0.15) is 5.65 Å². The van der Waals surface area contributed by atoms with Crippen LogP contribution in [0.25, 0.3) is 48.9 Å². The van der Waals surface area contributed by atoms with E-state index >= 15 is 0 Å². The van der Waals surface area contributed by atoms with Gasteiger partial charge < -0.3 is 4.40 Å². The van der Waals surface area contributed by atoms with E-state index in [2.05, 4.69) is 71.3 Å². The van der Waals surface area contributed by atoms with Crippen molar-refractivity contribution in [3.63, 3.8) is 0 Å². The zero-order valence-corrected chi connectivity index (χ0v) is 12.3. The molecule has 3 heterocycles. The Labute approximate surface area is 131 Å². The SMILES string of the molecule is c1ccc2c(c1)cc1ccnc3c1c2c1cccc2ccn3c21. The van der Waals surface area contributed by atoms with Crippen molar-refractivity contribution < 1.29 is 0 Å². The highest BCUT2D eigenvalue weighted by molar-refractivity contribution is 6.29. The third kappa shape index (κ3) is 1.28. The molecule has 0 atom stereocenters. The molecule has 0 saturated carbocycles. The van der Waals surface area contributed by atoms with Crippen LogP contribution in [0.4, 0.5) is 0 Å². The van der Waals surface area contributed by atoms with Gasteiger partial charge in [-0.05, 0) is 34.4 Å². The number of pyridine rings is 2. The van der Waals surface area contributed by atoms with E-state index in [-0.39, 0.29) is 0 Å². The van der Waals surface area contributed by atoms with Crippen molar-refractivity contribution in [1.82, 2.24) is 9.38 Å². The Morgan fingerprint density at radius 2 is 1.57 bits per heavy atom. The van der Waals surface area contributed by atoms with E-state index in [4.69, 9.17) is 4.98 Å². The van der Waals surface area contributed by atoms with E-state index < -0.39 is 0 Å². The fourth-order valence-electron chi connectivity index (χ4n) is 4.03. The second-order valence-electron chi connectivity index (χ2n) is 6.13. The first-order valence-electron chi connectivity index (χ1n) is 7.83. The van der Waals surface area contributed by atoms with Gasteiger partial charge in [-0.15, -0.1) is 0 Å². The zero-order valence-electron chi connectivity index (χ0n) is 12.3. The largest absolute Gasteiger partial charge is 0.300 e. The van der Waals surface area contributed by atoms with Crippen molar-refractivity contribution in [1.29, 1.82) is 0 Å². The number of hydrogen-bond donors (Lipinski definition) is 0. The summed E-state index contributed by atoms with van der Waals surface area (Å²) < 4.78 is 2.23. The summed E-state index contributed by atoms with van der Waals surface area (Å²) in [6.45, 7) is 0. The summed E-state index contributed by atoms with van der Waals surface area (Å²) in [7, 11) is 0. The van der Waals surface area contributed by atoms with Gasteiger partial charge in [0.05, 0.1) is 5.52 Å². The lowest BCUT2D eigenvalue weighted by molar-refractivity contribution is 1.21. The lowest BCUT2D eigenvalue weighted by Crippen LogP contribution is -1.94. The average Bonchev–Trinajstić information content (AvgIpc) is 3.03. The molecule has 3 aromatic heterocycles. The Balaban J connectivity index is 2.15. The van der Waals surface area contributed by atoms with E-state index in [0.717, 1.165) is 5.65 Å². The number of fused-ring (bicyclic) bond motifs is 4. The fourth-order valence-corrected chi connectivity index (χ4v) is 4.03. The normalized spacial score (nSPS) is 12.3. The number of hydrogen-bond acceptors (Lipinski definition) is 1. The van der Waals surface area contributed by atoms with Crippen LogP contribution in [0.15, 0.2) is 73.1 Å². The molecule has 0 spiro atoms. The maximum Gasteiger partial charge on any atom is 0.145 e. The van der Waals surface area contributed by atoms with Gasteiger partial charge in [0.2, 0.25) is 0 Å². The lowest BCUT2D eigenvalue weighted by atomic mass is 9.96. The summed E-state index contributed by atoms with van der Waals surface area (Å²) in [5, 5.41) is 8.97. The van der Waals surface area contributed by atoms with Crippen molar-refractivity contribution >= 4 is 48.9 Å². The molecule has 23 heavy (non-hydrogen) atoms. The summed E-state index contributed by atoms with van der Waals surface area (Å²) >= 11 is 0. The van der Waals surface area contributed by atoms with Gasteiger partial charge in [-0.1, -0.05) is 42.5 Å². The molecule has 0 aliphatic rings. The molecular weight excluding hydrogens is 280 g/mol. The first kappa shape index (κ1) is 11.4. The Kier molecular flexibility index (Phi) is 1.89. The highest BCUT2D eigenvalue weighted by Gasteiger charge is 2.15. The minimum absolute atomic E-state index is 1.04. The molecule has 0 aliphatic heterocycles. The molecule has 0 aliphatic carbocycles. The molecule has 0 radical (unpaired) electrons. The van der Waals surface area contributed by atoms with Crippen LogP contribution < -0.4 is 0 Å². The summed E-state index contributed by atoms with van der Waals surface area (Å²) in [5.41, 5.74) is 2.30. The maximum atomic E-state index is 4.70. The van der Waals surface area contributed by atoms with Crippen LogP contribution >= 0.6 is 0 Å². The minimum atomic E-state index is 1.04. The van der Waals surface area contributed by atoms with Gasteiger partial charge in [0, 0.05) is 33.9 Å². The minimum Gasteiger partial charge on any atom is -0.300 e. The highest BCUT2D eigenvalue weighted by atomic mass is 15.0. The van der Waals surface area contributed by atoms with Crippen molar-refractivity contribution in [3.05, 3.63) is 73.1 Å². The molecule has 6 rings (SSSR count). The predicted octanol–water partition coefficient (Wildman–Crippen LogP) is 5.38. The van der Waals surface area contributed by atoms with Crippen molar-refractivity contribution in [2.24, 2.45) is 0 Å². The molecule has 2 heteroatoms. The maximum absolute atomic E-state index is 4.70. The van der Waals surface area contributed by atoms with Crippen LogP contribution in [-0.4, -0.2) is 9.38 Å². The summed E-state index contributed by atoms with van der Waals surface area (Å²) in [6.07, 6.45) is 4.05. The zero-order chi connectivity index (χ0) is 15.0. The molecule has 0 amide bonds. The molecule has 0 N–H and O–H groups in total. The highest BCUT2D eigenvalue weighted by Crippen LogP contribution is 2.39. The van der Waals surface area contributed by atoms with E-state index in [9.17, 15) is 0 Å². The van der Waals surface area contributed by atoms with E-state index in [1.54, 1.807) is 0 Å². The van der Waals surface area contributed by atoms with Gasteiger partial charge in [0.25, 0.3) is 0 Å². The number of para-hydroxylation sites is 1. The summed E-state index contributed by atoms with van der Waals surface area (Å²) in [6, 6.07) is 21.8. The van der Waals surface area contributed by atoms with Gasteiger partial charge >= 0.3 is 0 Å². The molecule has 0 unspecified atom stereocenters. The third-order valence-corrected chi connectivity index (χ3v) is 4.96. The second-order valence-corrected chi connectivity index (χ2v) is 6.13. The Bertz CT molecular complexity index is 1360. The van der Waals surface area contributed by atoms with Gasteiger partial charge in [-0.2, -0.15) is 0 Å². The number of benzene rings is 3. The van der Waals surface area contributed by atoms with Crippen LogP contribution in [0, 0.1) is 0 Å². The van der Waals surface area contributed by atoms with Gasteiger partial charge in [0.15, 0.2) is 0 Å². The van der Waals surface area contributed by atoms with Crippen molar-refractivity contribution in [2.75, 3.05) is 0 Å². The van der Waals surface area contributed by atoms with E-state index in [0.29, 0.717) is 0 Å². The van der Waals surface area contributed by atoms with Crippen LogP contribution in [0.2, 0.25) is 0 Å². The quantitative estimate of drug-likeness (QED) is 0.271. The molecule has 0 bridgehead atoms. The Morgan fingerprint density at radius 3 is 2.57 bits per heavy atom. The smallest absolute Gasteiger partial charge is 0.145 e. The molecule has 106 valence electrons. The molecule has 0 saturated heterocycles. The standard InChI is InChI=1S/C21H12N2/c1-2-6-16-14(4-1)12-15-8-10-22-21-18(15)19(16)17-7-3-5-13-9-11-23(21)20(13)17/h1-12H. The third-order valence-electron chi connectivity index (χ3n) is 4.96. The summed E-state index contributed by atoms with van der Waals surface area (Å²) in [5.74, 6) is 0. The van der Waals surface area contributed by atoms with Gasteiger partial charge in [-0.25, -0.2) is 4.98 Å². The van der Waals surface area contributed by atoms with Gasteiger partial charge in [-0.3, -0.25) is 0 Å². The molecular formula is C21H12N2. The molecule has 6 aromatic rings. The Morgan fingerprint density at radius 1 is 0.696 bits per heavy atom. The molecule has 2 nitrogen and oxygen atoms in total. The first-order chi connectivity index (χ1) is 11.4. The van der Waals surface area contributed by atoms with Crippen molar-refractivity contribution in [3.8, 4) is 0 Å². The van der Waals surface area contributed by atoms with E-state index in [1.807, 2.05) is 6.20 Å². The van der Waals surface area contributed by atoms with Crippen LogP contribution in [0.1, 0.15) is 0 Å². The Hall–Kier alpha value is -3.13. The number of aromatic nitrogens is 2. The molecule has 3 aromatic carbocycles. The number of rotatable bonds is 0. The average molecular weight is 292 g/mol. The predicted molar refractivity (Wildman–Crippen MR) is 96.4 cm³/mol. The molecule has 0 fully saturated rings. The summed E-state index contributed by atoms with van der Waals surface area (Å²) in [4.78, 5) is 4.70. The topological polar surface area (TPSA) is 17.3 Å². The van der Waals surface area contributed by atoms with E-state index in [1.165, 1.54) is 43.2 Å². The van der Waals surface area contributed by atoms with Crippen LogP contribution in [0.5, 0.6) is 0 Å². The monoisotopic (exact) mass is 292 g/mol. The second kappa shape index (κ2) is 3.79. The van der Waals surface area contributed by atoms with Crippen molar-refractivity contribution in [2.45, 2.75) is 0 Å². The fraction of sp³-hybridized carbons (Fsp3) is 0.